The van der Waals surface area contributed by atoms with Gasteiger partial charge in [-0.15, -0.1) is 0 Å². The number of anilines is 1. The van der Waals surface area contributed by atoms with Crippen molar-refractivity contribution in [2.24, 2.45) is 5.92 Å². The second-order valence-corrected chi connectivity index (χ2v) is 10.4. The highest BCUT2D eigenvalue weighted by molar-refractivity contribution is 5.52. The van der Waals surface area contributed by atoms with Crippen LogP contribution in [0.3, 0.4) is 0 Å². The second-order valence-electron chi connectivity index (χ2n) is 10.4. The molecule has 2 heterocycles. The molecule has 0 bridgehead atoms. The standard InChI is InChI=1S/C28H39N3/c1-22-16-26(31-13-6-7-14-31)10-11-28(22)25-17-24(18-25)19-29(2)27-12-15-30(21-27)20-23-8-4-3-5-9-23/h3-5,8-11,16,24-25,27H,6-7,12-15,17-21H2,1-2H3/t24?,25?,27-/m0/s1. The Morgan fingerprint density at radius 2 is 1.74 bits per heavy atom. The Labute approximate surface area is 189 Å². The van der Waals surface area contributed by atoms with E-state index in [0.29, 0.717) is 0 Å². The van der Waals surface area contributed by atoms with E-state index >= 15 is 0 Å². The van der Waals surface area contributed by atoms with Gasteiger partial charge in [-0.2, -0.15) is 0 Å². The summed E-state index contributed by atoms with van der Waals surface area (Å²) in [4.78, 5) is 7.85. The zero-order valence-corrected chi connectivity index (χ0v) is 19.5. The molecule has 2 saturated heterocycles. The van der Waals surface area contributed by atoms with Gasteiger partial charge in [0.2, 0.25) is 0 Å². The van der Waals surface area contributed by atoms with Gasteiger partial charge in [0, 0.05) is 51.0 Å². The average molecular weight is 418 g/mol. The first-order valence-electron chi connectivity index (χ1n) is 12.5. The van der Waals surface area contributed by atoms with Crippen molar-refractivity contribution < 1.29 is 0 Å². The van der Waals surface area contributed by atoms with Gasteiger partial charge in [-0.1, -0.05) is 36.4 Å². The highest BCUT2D eigenvalue weighted by Crippen LogP contribution is 2.44. The number of rotatable bonds is 7. The lowest BCUT2D eigenvalue weighted by Gasteiger charge is -2.40. The van der Waals surface area contributed by atoms with Crippen LogP contribution in [-0.4, -0.2) is 55.6 Å². The zero-order chi connectivity index (χ0) is 21.2. The summed E-state index contributed by atoms with van der Waals surface area (Å²) in [5.41, 5.74) is 6.00. The molecule has 2 aromatic carbocycles. The van der Waals surface area contributed by atoms with Crippen LogP contribution >= 0.6 is 0 Å². The van der Waals surface area contributed by atoms with Crippen molar-refractivity contribution >= 4 is 5.69 Å². The fourth-order valence-corrected chi connectivity index (χ4v) is 6.14. The number of benzene rings is 2. The van der Waals surface area contributed by atoms with Crippen LogP contribution in [0.15, 0.2) is 48.5 Å². The molecule has 3 aliphatic rings. The molecule has 3 heteroatoms. The Hall–Kier alpha value is -1.84. The molecular formula is C28H39N3. The quantitative estimate of drug-likeness (QED) is 0.606. The van der Waals surface area contributed by atoms with Gasteiger partial charge >= 0.3 is 0 Å². The maximum Gasteiger partial charge on any atom is 0.0369 e. The molecule has 0 amide bonds. The van der Waals surface area contributed by atoms with Crippen LogP contribution in [0.1, 0.15) is 54.7 Å². The molecule has 1 atom stereocenters. The third kappa shape index (κ3) is 4.83. The summed E-state index contributed by atoms with van der Waals surface area (Å²) in [5, 5.41) is 0. The lowest BCUT2D eigenvalue weighted by molar-refractivity contribution is 0.144. The van der Waals surface area contributed by atoms with Gasteiger partial charge in [-0.3, -0.25) is 4.90 Å². The van der Waals surface area contributed by atoms with Gasteiger partial charge in [-0.05, 0) is 86.7 Å². The first kappa shape index (κ1) is 21.0. The number of likely N-dealkylation sites (tertiary alicyclic amines) is 1. The fraction of sp³-hybridized carbons (Fsp3) is 0.571. The minimum Gasteiger partial charge on any atom is -0.372 e. The molecule has 2 aromatic rings. The van der Waals surface area contributed by atoms with E-state index in [2.05, 4.69) is 77.2 Å². The molecule has 2 aliphatic heterocycles. The number of likely N-dealkylation sites (N-methyl/N-ethyl adjacent to an activating group) is 1. The van der Waals surface area contributed by atoms with E-state index in [1.807, 2.05) is 0 Å². The predicted octanol–water partition coefficient (Wildman–Crippen LogP) is 5.30. The minimum absolute atomic E-state index is 0.726. The van der Waals surface area contributed by atoms with Crippen molar-refractivity contribution in [3.8, 4) is 0 Å². The van der Waals surface area contributed by atoms with Crippen molar-refractivity contribution in [1.29, 1.82) is 0 Å². The molecular weight excluding hydrogens is 378 g/mol. The minimum atomic E-state index is 0.726. The van der Waals surface area contributed by atoms with Crippen LogP contribution in [0, 0.1) is 12.8 Å². The molecule has 166 valence electrons. The topological polar surface area (TPSA) is 9.72 Å². The molecule has 31 heavy (non-hydrogen) atoms. The lowest BCUT2D eigenvalue weighted by Crippen LogP contribution is -2.40. The number of nitrogens with zero attached hydrogens (tertiary/aromatic N) is 3. The smallest absolute Gasteiger partial charge is 0.0369 e. The highest BCUT2D eigenvalue weighted by Gasteiger charge is 2.34. The Balaban J connectivity index is 1.08. The number of aryl methyl sites for hydroxylation is 1. The van der Waals surface area contributed by atoms with Gasteiger partial charge in [0.05, 0.1) is 0 Å². The second kappa shape index (κ2) is 9.34. The lowest BCUT2D eigenvalue weighted by atomic mass is 9.70. The summed E-state index contributed by atoms with van der Waals surface area (Å²) >= 11 is 0. The van der Waals surface area contributed by atoms with Crippen LogP contribution in [0.5, 0.6) is 0 Å². The highest BCUT2D eigenvalue weighted by atomic mass is 15.2. The molecule has 1 saturated carbocycles. The summed E-state index contributed by atoms with van der Waals surface area (Å²) < 4.78 is 0. The van der Waals surface area contributed by atoms with E-state index in [1.165, 1.54) is 81.6 Å². The van der Waals surface area contributed by atoms with Crippen LogP contribution in [0.25, 0.3) is 0 Å². The Bertz CT molecular complexity index is 852. The summed E-state index contributed by atoms with van der Waals surface area (Å²) in [6.07, 6.45) is 6.76. The van der Waals surface area contributed by atoms with Crippen LogP contribution < -0.4 is 4.90 Å². The third-order valence-electron chi connectivity index (χ3n) is 8.07. The molecule has 0 radical (unpaired) electrons. The molecule has 0 unspecified atom stereocenters. The van der Waals surface area contributed by atoms with Gasteiger partial charge in [0.25, 0.3) is 0 Å². The Morgan fingerprint density at radius 1 is 0.968 bits per heavy atom. The Morgan fingerprint density at radius 3 is 2.48 bits per heavy atom. The summed E-state index contributed by atoms with van der Waals surface area (Å²) in [7, 11) is 2.36. The maximum atomic E-state index is 2.66. The van der Waals surface area contributed by atoms with Crippen molar-refractivity contribution in [3.05, 3.63) is 65.2 Å². The van der Waals surface area contributed by atoms with E-state index in [0.717, 1.165) is 24.4 Å². The molecule has 5 rings (SSSR count). The number of hydrogen-bond donors (Lipinski definition) is 0. The SMILES string of the molecule is Cc1cc(N2CCCC2)ccc1C1CC(CN(C)[C@H]2CCN(Cc3ccccc3)C2)C1. The molecule has 0 spiro atoms. The van der Waals surface area contributed by atoms with Gasteiger partial charge in [0.15, 0.2) is 0 Å². The summed E-state index contributed by atoms with van der Waals surface area (Å²) in [5.74, 6) is 1.65. The van der Waals surface area contributed by atoms with Gasteiger partial charge < -0.3 is 9.80 Å². The first-order valence-corrected chi connectivity index (χ1v) is 12.5. The van der Waals surface area contributed by atoms with Crippen molar-refractivity contribution in [1.82, 2.24) is 9.80 Å². The average Bonchev–Trinajstić information content (AvgIpc) is 3.44. The summed E-state index contributed by atoms with van der Waals surface area (Å²) in [6.45, 7) is 9.63. The summed E-state index contributed by atoms with van der Waals surface area (Å²) in [6, 6.07) is 18.9. The third-order valence-corrected chi connectivity index (χ3v) is 8.07. The van der Waals surface area contributed by atoms with E-state index < -0.39 is 0 Å². The van der Waals surface area contributed by atoms with E-state index in [9.17, 15) is 0 Å². The Kier molecular flexibility index (Phi) is 6.34. The molecule has 1 aliphatic carbocycles. The molecule has 0 aromatic heterocycles. The molecule has 3 fully saturated rings. The molecule has 0 N–H and O–H groups in total. The van der Waals surface area contributed by atoms with Crippen LogP contribution in [0.2, 0.25) is 0 Å². The first-order chi connectivity index (χ1) is 15.2. The van der Waals surface area contributed by atoms with Crippen molar-refractivity contribution in [3.63, 3.8) is 0 Å². The van der Waals surface area contributed by atoms with Gasteiger partial charge in [0.1, 0.15) is 0 Å². The van der Waals surface area contributed by atoms with Crippen molar-refractivity contribution in [2.75, 3.05) is 44.7 Å². The van der Waals surface area contributed by atoms with Crippen LogP contribution in [0.4, 0.5) is 5.69 Å². The van der Waals surface area contributed by atoms with Crippen molar-refractivity contribution in [2.45, 2.75) is 57.5 Å². The monoisotopic (exact) mass is 417 g/mol. The van der Waals surface area contributed by atoms with E-state index in [1.54, 1.807) is 5.56 Å². The maximum absolute atomic E-state index is 2.66. The van der Waals surface area contributed by atoms with Gasteiger partial charge in [-0.25, -0.2) is 0 Å². The molecule has 3 nitrogen and oxygen atoms in total. The largest absolute Gasteiger partial charge is 0.372 e. The van der Waals surface area contributed by atoms with E-state index in [4.69, 9.17) is 0 Å². The predicted molar refractivity (Wildman–Crippen MR) is 131 cm³/mol. The number of hydrogen-bond acceptors (Lipinski definition) is 3. The van der Waals surface area contributed by atoms with Crippen LogP contribution in [-0.2, 0) is 6.54 Å². The zero-order valence-electron chi connectivity index (χ0n) is 19.5. The normalized spacial score (nSPS) is 26.5. The van der Waals surface area contributed by atoms with E-state index in [-0.39, 0.29) is 0 Å². The fourth-order valence-electron chi connectivity index (χ4n) is 6.14.